The summed E-state index contributed by atoms with van der Waals surface area (Å²) in [5, 5.41) is 4.48. The standard InChI is InChI=1S/C15H16N4/c1-3-19-10-11(2)17-15(19)18-13-6-7-14-12(9-13)5-4-8-16-14/h4-10H,3H2,1-2H3,(H,17,18). The van der Waals surface area contributed by atoms with Crippen LogP contribution in [-0.2, 0) is 6.54 Å². The highest BCUT2D eigenvalue weighted by atomic mass is 15.2. The van der Waals surface area contributed by atoms with Gasteiger partial charge in [-0.25, -0.2) is 4.98 Å². The summed E-state index contributed by atoms with van der Waals surface area (Å²) in [4.78, 5) is 8.81. The van der Waals surface area contributed by atoms with Crippen LogP contribution in [0.25, 0.3) is 10.9 Å². The van der Waals surface area contributed by atoms with Gasteiger partial charge < -0.3 is 9.88 Å². The average molecular weight is 252 g/mol. The Kier molecular flexibility index (Phi) is 2.91. The van der Waals surface area contributed by atoms with Crippen molar-refractivity contribution < 1.29 is 0 Å². The molecule has 4 heteroatoms. The lowest BCUT2D eigenvalue weighted by Gasteiger charge is -2.08. The molecule has 96 valence electrons. The number of pyridine rings is 1. The van der Waals surface area contributed by atoms with Gasteiger partial charge >= 0.3 is 0 Å². The number of aromatic nitrogens is 3. The molecule has 1 aromatic carbocycles. The van der Waals surface area contributed by atoms with Gasteiger partial charge in [0, 0.05) is 30.0 Å². The summed E-state index contributed by atoms with van der Waals surface area (Å²) in [6, 6.07) is 10.1. The Balaban J connectivity index is 1.96. The Labute approximate surface area is 112 Å². The minimum Gasteiger partial charge on any atom is -0.326 e. The summed E-state index contributed by atoms with van der Waals surface area (Å²) >= 11 is 0. The normalized spacial score (nSPS) is 10.8. The van der Waals surface area contributed by atoms with Gasteiger partial charge in [-0.2, -0.15) is 0 Å². The first-order valence-electron chi connectivity index (χ1n) is 6.42. The van der Waals surface area contributed by atoms with Gasteiger partial charge in [0.05, 0.1) is 11.2 Å². The van der Waals surface area contributed by atoms with Crippen molar-refractivity contribution in [3.8, 4) is 0 Å². The zero-order valence-corrected chi connectivity index (χ0v) is 11.1. The van der Waals surface area contributed by atoms with Crippen LogP contribution in [0.1, 0.15) is 12.6 Å². The third kappa shape index (κ3) is 2.29. The third-order valence-electron chi connectivity index (χ3n) is 3.10. The lowest BCUT2D eigenvalue weighted by molar-refractivity contribution is 0.771. The molecule has 0 amide bonds. The number of benzene rings is 1. The van der Waals surface area contributed by atoms with E-state index in [-0.39, 0.29) is 0 Å². The van der Waals surface area contributed by atoms with E-state index in [1.54, 1.807) is 0 Å². The van der Waals surface area contributed by atoms with Crippen LogP contribution in [0.15, 0.2) is 42.7 Å². The first-order valence-corrected chi connectivity index (χ1v) is 6.42. The largest absolute Gasteiger partial charge is 0.326 e. The van der Waals surface area contributed by atoms with Crippen LogP contribution in [-0.4, -0.2) is 14.5 Å². The lowest BCUT2D eigenvalue weighted by Crippen LogP contribution is -2.01. The Morgan fingerprint density at radius 2 is 2.16 bits per heavy atom. The topological polar surface area (TPSA) is 42.7 Å². The molecule has 0 atom stereocenters. The average Bonchev–Trinajstić information content (AvgIpc) is 2.78. The minimum atomic E-state index is 0.878. The third-order valence-corrected chi connectivity index (χ3v) is 3.10. The number of hydrogen-bond donors (Lipinski definition) is 1. The van der Waals surface area contributed by atoms with Crippen molar-refractivity contribution in [2.75, 3.05) is 5.32 Å². The van der Waals surface area contributed by atoms with Crippen molar-refractivity contribution >= 4 is 22.5 Å². The zero-order valence-electron chi connectivity index (χ0n) is 11.1. The molecular formula is C15H16N4. The summed E-state index contributed by atoms with van der Waals surface area (Å²) in [6.07, 6.45) is 3.85. The van der Waals surface area contributed by atoms with E-state index in [2.05, 4.69) is 38.9 Å². The molecule has 0 spiro atoms. The number of hydrogen-bond acceptors (Lipinski definition) is 3. The van der Waals surface area contributed by atoms with Crippen LogP contribution in [0.2, 0.25) is 0 Å². The van der Waals surface area contributed by atoms with Crippen LogP contribution >= 0.6 is 0 Å². The molecule has 0 bridgehead atoms. The maximum absolute atomic E-state index is 4.49. The van der Waals surface area contributed by atoms with Crippen LogP contribution in [0.4, 0.5) is 11.6 Å². The van der Waals surface area contributed by atoms with Crippen LogP contribution < -0.4 is 5.32 Å². The van der Waals surface area contributed by atoms with Crippen LogP contribution in [0, 0.1) is 6.92 Å². The quantitative estimate of drug-likeness (QED) is 0.775. The summed E-state index contributed by atoms with van der Waals surface area (Å²) in [5.74, 6) is 0.878. The fraction of sp³-hybridized carbons (Fsp3) is 0.200. The molecule has 0 unspecified atom stereocenters. The van der Waals surface area contributed by atoms with Gasteiger partial charge in [0.15, 0.2) is 0 Å². The van der Waals surface area contributed by atoms with E-state index >= 15 is 0 Å². The van der Waals surface area contributed by atoms with Crippen LogP contribution in [0.5, 0.6) is 0 Å². The van der Waals surface area contributed by atoms with Gasteiger partial charge in [0.2, 0.25) is 5.95 Å². The molecule has 0 fully saturated rings. The number of rotatable bonds is 3. The van der Waals surface area contributed by atoms with E-state index in [0.29, 0.717) is 0 Å². The molecule has 19 heavy (non-hydrogen) atoms. The minimum absolute atomic E-state index is 0.878. The number of imidazole rings is 1. The second kappa shape index (κ2) is 4.72. The zero-order chi connectivity index (χ0) is 13.2. The smallest absolute Gasteiger partial charge is 0.207 e. The Hall–Kier alpha value is -2.36. The fourth-order valence-corrected chi connectivity index (χ4v) is 2.17. The summed E-state index contributed by atoms with van der Waals surface area (Å²) in [7, 11) is 0. The van der Waals surface area contributed by atoms with Crippen molar-refractivity contribution in [3.63, 3.8) is 0 Å². The van der Waals surface area contributed by atoms with E-state index in [1.165, 1.54) is 0 Å². The van der Waals surface area contributed by atoms with E-state index in [0.717, 1.165) is 34.8 Å². The Bertz CT molecular complexity index is 715. The second-order valence-corrected chi connectivity index (χ2v) is 4.53. The number of anilines is 2. The molecule has 0 radical (unpaired) electrons. The molecule has 4 nitrogen and oxygen atoms in total. The number of aryl methyl sites for hydroxylation is 2. The van der Waals surface area contributed by atoms with E-state index in [9.17, 15) is 0 Å². The molecule has 3 rings (SSSR count). The number of nitrogens with one attached hydrogen (secondary N) is 1. The molecule has 0 aliphatic rings. The van der Waals surface area contributed by atoms with Crippen molar-refractivity contribution in [3.05, 3.63) is 48.4 Å². The lowest BCUT2D eigenvalue weighted by atomic mass is 10.2. The Morgan fingerprint density at radius 3 is 3.00 bits per heavy atom. The van der Waals surface area contributed by atoms with Crippen LogP contribution in [0.3, 0.4) is 0 Å². The van der Waals surface area contributed by atoms with Gasteiger partial charge in [0.25, 0.3) is 0 Å². The predicted molar refractivity (Wildman–Crippen MR) is 77.7 cm³/mol. The summed E-state index contributed by atoms with van der Waals surface area (Å²) in [5.41, 5.74) is 3.05. The molecule has 3 aromatic rings. The predicted octanol–water partition coefficient (Wildman–Crippen LogP) is 3.50. The molecule has 2 heterocycles. The maximum atomic E-state index is 4.49. The number of fused-ring (bicyclic) bond motifs is 1. The van der Waals surface area contributed by atoms with E-state index in [1.807, 2.05) is 37.5 Å². The highest BCUT2D eigenvalue weighted by molar-refractivity contribution is 5.82. The highest BCUT2D eigenvalue weighted by Crippen LogP contribution is 2.20. The molecule has 1 N–H and O–H groups in total. The van der Waals surface area contributed by atoms with Gasteiger partial charge in [-0.05, 0) is 38.1 Å². The van der Waals surface area contributed by atoms with E-state index < -0.39 is 0 Å². The van der Waals surface area contributed by atoms with Crippen molar-refractivity contribution in [1.82, 2.24) is 14.5 Å². The van der Waals surface area contributed by atoms with E-state index in [4.69, 9.17) is 0 Å². The fourth-order valence-electron chi connectivity index (χ4n) is 2.17. The summed E-state index contributed by atoms with van der Waals surface area (Å²) in [6.45, 7) is 5.01. The highest BCUT2D eigenvalue weighted by Gasteiger charge is 2.05. The number of nitrogens with zero attached hydrogens (tertiary/aromatic N) is 3. The molecule has 0 saturated carbocycles. The first kappa shape index (κ1) is 11.7. The first-order chi connectivity index (χ1) is 9.26. The molecular weight excluding hydrogens is 236 g/mol. The van der Waals surface area contributed by atoms with Gasteiger partial charge in [-0.3, -0.25) is 4.98 Å². The molecule has 0 aliphatic carbocycles. The van der Waals surface area contributed by atoms with Gasteiger partial charge in [-0.15, -0.1) is 0 Å². The maximum Gasteiger partial charge on any atom is 0.207 e. The monoisotopic (exact) mass is 252 g/mol. The van der Waals surface area contributed by atoms with Gasteiger partial charge in [0.1, 0.15) is 0 Å². The molecule has 0 aliphatic heterocycles. The van der Waals surface area contributed by atoms with Crippen molar-refractivity contribution in [2.24, 2.45) is 0 Å². The molecule has 0 saturated heterocycles. The SMILES string of the molecule is CCn1cc(C)nc1Nc1ccc2ncccc2c1. The molecule has 2 aromatic heterocycles. The van der Waals surface area contributed by atoms with Crippen molar-refractivity contribution in [2.45, 2.75) is 20.4 Å². The Morgan fingerprint density at radius 1 is 1.26 bits per heavy atom. The second-order valence-electron chi connectivity index (χ2n) is 4.53. The van der Waals surface area contributed by atoms with Gasteiger partial charge in [-0.1, -0.05) is 6.07 Å². The van der Waals surface area contributed by atoms with Crippen molar-refractivity contribution in [1.29, 1.82) is 0 Å². The summed E-state index contributed by atoms with van der Waals surface area (Å²) < 4.78 is 2.10.